The number of benzene rings is 1. The molecule has 1 saturated heterocycles. The lowest BCUT2D eigenvalue weighted by Crippen LogP contribution is -2.26. The molecule has 0 unspecified atom stereocenters. The first-order chi connectivity index (χ1) is 16.2. The number of hydrogen-bond acceptors (Lipinski definition) is 9. The lowest BCUT2D eigenvalue weighted by Gasteiger charge is -2.25. The molecule has 1 fully saturated rings. The first-order valence-corrected chi connectivity index (χ1v) is 11.6. The summed E-state index contributed by atoms with van der Waals surface area (Å²) < 4.78 is 28.7. The van der Waals surface area contributed by atoms with Crippen LogP contribution in [0.2, 0.25) is 5.02 Å². The van der Waals surface area contributed by atoms with Crippen molar-refractivity contribution in [3.63, 3.8) is 0 Å². The molecule has 0 aliphatic carbocycles. The highest BCUT2D eigenvalue weighted by Gasteiger charge is 2.25. The number of aromatic nitrogens is 3. The molecule has 2 aliphatic rings. The number of fused-ring (bicyclic) bond motifs is 2. The molecule has 0 spiro atoms. The zero-order valence-corrected chi connectivity index (χ0v) is 19.2. The fourth-order valence-corrected chi connectivity index (χ4v) is 3.98. The Morgan fingerprint density at radius 3 is 2.85 bits per heavy atom. The Bertz CT molecular complexity index is 1140. The third kappa shape index (κ3) is 4.80. The maximum Gasteiger partial charge on any atom is 0.262 e. The van der Waals surface area contributed by atoms with Gasteiger partial charge in [-0.2, -0.15) is 0 Å². The summed E-state index contributed by atoms with van der Waals surface area (Å²) in [5.74, 6) is 3.11. The van der Waals surface area contributed by atoms with Gasteiger partial charge in [-0.05, 0) is 6.42 Å². The molecule has 0 atom stereocenters. The quantitative estimate of drug-likeness (QED) is 0.353. The van der Waals surface area contributed by atoms with Crippen LogP contribution in [0.1, 0.15) is 19.3 Å². The van der Waals surface area contributed by atoms with Crippen LogP contribution in [0.15, 0.2) is 24.7 Å². The average molecular weight is 493 g/mol. The predicted octanol–water partition coefficient (Wildman–Crippen LogP) is 4.72. The third-order valence-electron chi connectivity index (χ3n) is 5.28. The second-order valence-corrected chi connectivity index (χ2v) is 8.29. The molecule has 9 nitrogen and oxygen atoms in total. The number of nitrogens with zero attached hydrogens (tertiary/aromatic N) is 3. The fourth-order valence-electron chi connectivity index (χ4n) is 3.69. The molecule has 5 rings (SSSR count). The predicted molar refractivity (Wildman–Crippen MR) is 123 cm³/mol. The third-order valence-corrected chi connectivity index (χ3v) is 5.84. The number of hydrogen-bond donors (Lipinski definition) is 1. The van der Waals surface area contributed by atoms with Gasteiger partial charge in [-0.1, -0.05) is 11.6 Å². The average Bonchev–Trinajstić information content (AvgIpc) is 3.31. The van der Waals surface area contributed by atoms with Gasteiger partial charge < -0.3 is 29.0 Å². The highest BCUT2D eigenvalue weighted by molar-refractivity contribution is 6.33. The van der Waals surface area contributed by atoms with E-state index in [4.69, 9.17) is 46.9 Å². The number of halogens is 2. The molecule has 174 valence electrons. The summed E-state index contributed by atoms with van der Waals surface area (Å²) in [7, 11) is 0. The van der Waals surface area contributed by atoms with Crippen molar-refractivity contribution >= 4 is 45.6 Å². The van der Waals surface area contributed by atoms with E-state index in [2.05, 4.69) is 20.3 Å². The first-order valence-electron chi connectivity index (χ1n) is 10.7. The van der Waals surface area contributed by atoms with Crippen LogP contribution in [-0.2, 0) is 4.74 Å². The van der Waals surface area contributed by atoms with Crippen LogP contribution < -0.4 is 24.3 Å². The van der Waals surface area contributed by atoms with Gasteiger partial charge in [-0.15, -0.1) is 11.6 Å². The van der Waals surface area contributed by atoms with E-state index in [0.29, 0.717) is 76.3 Å². The molecule has 11 heteroatoms. The number of rotatable bonds is 8. The van der Waals surface area contributed by atoms with Crippen LogP contribution in [0.4, 0.5) is 11.5 Å². The molecule has 4 heterocycles. The number of anilines is 2. The van der Waals surface area contributed by atoms with Crippen LogP contribution in [0.3, 0.4) is 0 Å². The molecular formula is C22H22Cl2N4O5. The minimum atomic E-state index is 0.0126. The SMILES string of the molecule is ClCCCOc1cc(OC2CCOCC2)c2c(Nc3c(Cl)cnc4c3OCO4)ncnc2c1. The van der Waals surface area contributed by atoms with Crippen LogP contribution in [0, 0.1) is 0 Å². The van der Waals surface area contributed by atoms with Crippen molar-refractivity contribution in [2.24, 2.45) is 0 Å². The van der Waals surface area contributed by atoms with E-state index in [0.717, 1.165) is 19.3 Å². The maximum atomic E-state index is 6.42. The van der Waals surface area contributed by atoms with Gasteiger partial charge in [0.15, 0.2) is 0 Å². The van der Waals surface area contributed by atoms with Crippen molar-refractivity contribution in [3.05, 3.63) is 29.7 Å². The summed E-state index contributed by atoms with van der Waals surface area (Å²) in [6.07, 6.45) is 5.31. The van der Waals surface area contributed by atoms with Crippen molar-refractivity contribution in [1.29, 1.82) is 0 Å². The molecule has 0 amide bonds. The largest absolute Gasteiger partial charge is 0.493 e. The van der Waals surface area contributed by atoms with Crippen LogP contribution in [-0.4, -0.2) is 53.5 Å². The number of ether oxygens (including phenoxy) is 5. The fraction of sp³-hybridized carbons (Fsp3) is 0.409. The Kier molecular flexibility index (Phi) is 6.70. The normalized spacial score (nSPS) is 15.6. The van der Waals surface area contributed by atoms with Gasteiger partial charge in [-0.25, -0.2) is 15.0 Å². The molecule has 0 bridgehead atoms. The van der Waals surface area contributed by atoms with Gasteiger partial charge in [0.25, 0.3) is 5.88 Å². The van der Waals surface area contributed by atoms with Crippen molar-refractivity contribution in [3.8, 4) is 23.1 Å². The van der Waals surface area contributed by atoms with Gasteiger partial charge in [0.2, 0.25) is 12.5 Å². The summed E-state index contributed by atoms with van der Waals surface area (Å²) >= 11 is 12.2. The van der Waals surface area contributed by atoms with Gasteiger partial charge in [0, 0.05) is 30.9 Å². The topological polar surface area (TPSA) is 96.9 Å². The van der Waals surface area contributed by atoms with Gasteiger partial charge in [0.1, 0.15) is 35.4 Å². The van der Waals surface area contributed by atoms with E-state index >= 15 is 0 Å². The molecule has 1 N–H and O–H groups in total. The van der Waals surface area contributed by atoms with Gasteiger partial charge >= 0.3 is 0 Å². The Morgan fingerprint density at radius 2 is 2.00 bits per heavy atom. The molecule has 0 saturated carbocycles. The second-order valence-electron chi connectivity index (χ2n) is 7.51. The number of nitrogens with one attached hydrogen (secondary N) is 1. The Hall–Kier alpha value is -2.75. The molecular weight excluding hydrogens is 471 g/mol. The van der Waals surface area contributed by atoms with Crippen molar-refractivity contribution < 1.29 is 23.7 Å². The van der Waals surface area contributed by atoms with Crippen molar-refractivity contribution in [2.75, 3.05) is 37.8 Å². The number of pyridine rings is 1. The van der Waals surface area contributed by atoms with E-state index in [9.17, 15) is 0 Å². The van der Waals surface area contributed by atoms with Gasteiger partial charge in [-0.3, -0.25) is 0 Å². The summed E-state index contributed by atoms with van der Waals surface area (Å²) in [4.78, 5) is 13.1. The van der Waals surface area contributed by atoms with Crippen molar-refractivity contribution in [2.45, 2.75) is 25.4 Å². The van der Waals surface area contributed by atoms with Crippen LogP contribution in [0.25, 0.3) is 10.9 Å². The van der Waals surface area contributed by atoms with E-state index in [1.165, 1.54) is 12.5 Å². The Labute approximate surface area is 200 Å². The highest BCUT2D eigenvalue weighted by Crippen LogP contribution is 2.44. The smallest absolute Gasteiger partial charge is 0.262 e. The summed E-state index contributed by atoms with van der Waals surface area (Å²) in [5, 5.41) is 4.35. The van der Waals surface area contributed by atoms with Crippen LogP contribution >= 0.6 is 23.2 Å². The summed E-state index contributed by atoms with van der Waals surface area (Å²) in [5.41, 5.74) is 1.18. The lowest BCUT2D eigenvalue weighted by molar-refractivity contribution is 0.0261. The molecule has 2 aliphatic heterocycles. The summed E-state index contributed by atoms with van der Waals surface area (Å²) in [6.45, 7) is 1.89. The minimum Gasteiger partial charge on any atom is -0.493 e. The van der Waals surface area contributed by atoms with Crippen molar-refractivity contribution in [1.82, 2.24) is 15.0 Å². The zero-order chi connectivity index (χ0) is 22.6. The van der Waals surface area contributed by atoms with Gasteiger partial charge in [0.05, 0.1) is 41.9 Å². The Balaban J connectivity index is 1.55. The minimum absolute atomic E-state index is 0.0126. The molecule has 1 aromatic carbocycles. The zero-order valence-electron chi connectivity index (χ0n) is 17.7. The molecule has 3 aromatic rings. The molecule has 2 aromatic heterocycles. The number of alkyl halides is 1. The lowest BCUT2D eigenvalue weighted by atomic mass is 10.1. The van der Waals surface area contributed by atoms with E-state index in [1.54, 1.807) is 0 Å². The van der Waals surface area contributed by atoms with E-state index in [-0.39, 0.29) is 12.9 Å². The second kappa shape index (κ2) is 10.0. The molecule has 0 radical (unpaired) electrons. The summed E-state index contributed by atoms with van der Waals surface area (Å²) in [6, 6.07) is 3.71. The maximum absolute atomic E-state index is 6.42. The molecule has 33 heavy (non-hydrogen) atoms. The van der Waals surface area contributed by atoms with E-state index < -0.39 is 0 Å². The monoisotopic (exact) mass is 492 g/mol. The first kappa shape index (κ1) is 22.1. The Morgan fingerprint density at radius 1 is 1.12 bits per heavy atom. The van der Waals surface area contributed by atoms with Crippen LogP contribution in [0.5, 0.6) is 23.1 Å². The highest BCUT2D eigenvalue weighted by atomic mass is 35.5. The standard InChI is InChI=1S/C22H22Cl2N4O5/c23-4-1-5-30-14-8-16-18(17(9-14)33-13-2-6-29-7-3-13)21(27-11-26-16)28-19-15(24)10-25-22-20(19)31-12-32-22/h8-11,13H,1-7,12H2,(H,25,26,27,28). The van der Waals surface area contributed by atoms with E-state index in [1.807, 2.05) is 12.1 Å².